The van der Waals surface area contributed by atoms with Gasteiger partial charge in [-0.3, -0.25) is 4.79 Å². The Bertz CT molecular complexity index is 654. The summed E-state index contributed by atoms with van der Waals surface area (Å²) in [6.07, 6.45) is 5.46. The molecule has 1 aromatic heterocycles. The van der Waals surface area contributed by atoms with Gasteiger partial charge < -0.3 is 14.2 Å². The molecule has 0 spiro atoms. The lowest BCUT2D eigenvalue weighted by Crippen LogP contribution is -2.29. The van der Waals surface area contributed by atoms with Crippen LogP contribution in [0.4, 0.5) is 5.69 Å². The number of aryl methyl sites for hydroxylation is 1. The second kappa shape index (κ2) is 6.90. The zero-order chi connectivity index (χ0) is 16.2. The summed E-state index contributed by atoms with van der Waals surface area (Å²) in [5.74, 6) is 0.352. The van der Waals surface area contributed by atoms with E-state index in [4.69, 9.17) is 4.42 Å². The highest BCUT2D eigenvalue weighted by molar-refractivity contribution is 5.92. The maximum Gasteiger partial charge on any atom is 0.289 e. The molecule has 122 valence electrons. The SMILES string of the molecule is Cc1ccoc1C(=O)N(C)Cc1ccc(N2CCCCC2)cc1. The van der Waals surface area contributed by atoms with E-state index < -0.39 is 0 Å². The van der Waals surface area contributed by atoms with E-state index in [-0.39, 0.29) is 5.91 Å². The number of benzene rings is 1. The van der Waals surface area contributed by atoms with Crippen molar-refractivity contribution in [1.29, 1.82) is 0 Å². The highest BCUT2D eigenvalue weighted by Crippen LogP contribution is 2.21. The maximum atomic E-state index is 12.4. The molecule has 0 radical (unpaired) electrons. The summed E-state index contributed by atoms with van der Waals surface area (Å²) in [6.45, 7) is 4.77. The molecule has 1 saturated heterocycles. The van der Waals surface area contributed by atoms with E-state index in [1.807, 2.05) is 20.0 Å². The topological polar surface area (TPSA) is 36.7 Å². The summed E-state index contributed by atoms with van der Waals surface area (Å²) in [7, 11) is 1.81. The second-order valence-corrected chi connectivity index (χ2v) is 6.31. The fraction of sp³-hybridized carbons (Fsp3) is 0.421. The minimum Gasteiger partial charge on any atom is -0.459 e. The number of furan rings is 1. The zero-order valence-electron chi connectivity index (χ0n) is 13.9. The summed E-state index contributed by atoms with van der Waals surface area (Å²) >= 11 is 0. The van der Waals surface area contributed by atoms with Gasteiger partial charge in [-0.2, -0.15) is 0 Å². The number of anilines is 1. The van der Waals surface area contributed by atoms with E-state index in [1.165, 1.54) is 24.9 Å². The Kier molecular flexibility index (Phi) is 4.70. The van der Waals surface area contributed by atoms with Gasteiger partial charge in [-0.05, 0) is 49.9 Å². The van der Waals surface area contributed by atoms with Crippen LogP contribution >= 0.6 is 0 Å². The van der Waals surface area contributed by atoms with Gasteiger partial charge in [0.15, 0.2) is 5.76 Å². The Hall–Kier alpha value is -2.23. The molecule has 3 rings (SSSR count). The van der Waals surface area contributed by atoms with Crippen LogP contribution in [0.5, 0.6) is 0 Å². The monoisotopic (exact) mass is 312 g/mol. The number of carbonyl (C=O) groups excluding carboxylic acids is 1. The minimum atomic E-state index is -0.0763. The molecule has 0 aliphatic carbocycles. The van der Waals surface area contributed by atoms with E-state index in [9.17, 15) is 4.79 Å². The summed E-state index contributed by atoms with van der Waals surface area (Å²) in [6, 6.07) is 10.4. The molecular weight excluding hydrogens is 288 g/mol. The number of amides is 1. The van der Waals surface area contributed by atoms with Gasteiger partial charge >= 0.3 is 0 Å². The van der Waals surface area contributed by atoms with E-state index in [1.54, 1.807) is 11.2 Å². The van der Waals surface area contributed by atoms with E-state index in [2.05, 4.69) is 29.2 Å². The van der Waals surface area contributed by atoms with Crippen LogP contribution in [0.2, 0.25) is 0 Å². The summed E-state index contributed by atoms with van der Waals surface area (Å²) < 4.78 is 5.29. The normalized spacial score (nSPS) is 14.8. The molecule has 1 aliphatic rings. The van der Waals surface area contributed by atoms with Gasteiger partial charge in [0.05, 0.1) is 6.26 Å². The van der Waals surface area contributed by atoms with Crippen LogP contribution in [-0.2, 0) is 6.54 Å². The highest BCUT2D eigenvalue weighted by atomic mass is 16.3. The average molecular weight is 312 g/mol. The Morgan fingerprint density at radius 2 is 1.83 bits per heavy atom. The van der Waals surface area contributed by atoms with Gasteiger partial charge in [-0.1, -0.05) is 12.1 Å². The summed E-state index contributed by atoms with van der Waals surface area (Å²) in [5.41, 5.74) is 3.29. The van der Waals surface area contributed by atoms with Crippen molar-refractivity contribution in [2.45, 2.75) is 32.7 Å². The molecule has 2 heterocycles. The molecule has 0 bridgehead atoms. The molecule has 1 amide bonds. The second-order valence-electron chi connectivity index (χ2n) is 6.31. The van der Waals surface area contributed by atoms with Crippen molar-refractivity contribution in [2.24, 2.45) is 0 Å². The number of hydrogen-bond donors (Lipinski definition) is 0. The van der Waals surface area contributed by atoms with Gasteiger partial charge in [-0.25, -0.2) is 0 Å². The lowest BCUT2D eigenvalue weighted by Gasteiger charge is -2.29. The number of carbonyl (C=O) groups is 1. The van der Waals surface area contributed by atoms with Crippen LogP contribution in [0.3, 0.4) is 0 Å². The minimum absolute atomic E-state index is 0.0763. The molecule has 0 N–H and O–H groups in total. The largest absolute Gasteiger partial charge is 0.459 e. The number of piperidine rings is 1. The molecule has 1 aliphatic heterocycles. The standard InChI is InChI=1S/C19H24N2O2/c1-15-10-13-23-18(15)19(22)20(2)14-16-6-8-17(9-7-16)21-11-4-3-5-12-21/h6-10,13H,3-5,11-12,14H2,1-2H3. The summed E-state index contributed by atoms with van der Waals surface area (Å²) in [5, 5.41) is 0. The Balaban J connectivity index is 1.63. The van der Waals surface area contributed by atoms with Crippen LogP contribution in [0.1, 0.15) is 40.9 Å². The van der Waals surface area contributed by atoms with Crippen molar-refractivity contribution in [1.82, 2.24) is 4.90 Å². The predicted octanol–water partition coefficient (Wildman–Crippen LogP) is 3.85. The zero-order valence-corrected chi connectivity index (χ0v) is 13.9. The predicted molar refractivity (Wildman–Crippen MR) is 91.7 cm³/mol. The van der Waals surface area contributed by atoms with Crippen LogP contribution in [0.15, 0.2) is 41.0 Å². The molecule has 1 aromatic carbocycles. The Labute approximate surface area is 137 Å². The van der Waals surface area contributed by atoms with E-state index in [0.717, 1.165) is 24.2 Å². The highest BCUT2D eigenvalue weighted by Gasteiger charge is 2.17. The molecular formula is C19H24N2O2. The maximum absolute atomic E-state index is 12.4. The van der Waals surface area contributed by atoms with Crippen LogP contribution in [0, 0.1) is 6.92 Å². The molecule has 0 saturated carbocycles. The van der Waals surface area contributed by atoms with Crippen LogP contribution < -0.4 is 4.90 Å². The first kappa shape index (κ1) is 15.7. The van der Waals surface area contributed by atoms with Crippen molar-refractivity contribution in [3.63, 3.8) is 0 Å². The third-order valence-corrected chi connectivity index (χ3v) is 4.48. The number of rotatable bonds is 4. The smallest absolute Gasteiger partial charge is 0.289 e. The lowest BCUT2D eigenvalue weighted by molar-refractivity contribution is 0.0752. The van der Waals surface area contributed by atoms with Crippen molar-refractivity contribution in [3.05, 3.63) is 53.5 Å². The van der Waals surface area contributed by atoms with Crippen molar-refractivity contribution in [3.8, 4) is 0 Å². The first-order chi connectivity index (χ1) is 11.1. The van der Waals surface area contributed by atoms with Gasteiger partial charge in [-0.15, -0.1) is 0 Å². The summed E-state index contributed by atoms with van der Waals surface area (Å²) in [4.78, 5) is 16.5. The molecule has 23 heavy (non-hydrogen) atoms. The fourth-order valence-electron chi connectivity index (χ4n) is 3.08. The first-order valence-corrected chi connectivity index (χ1v) is 8.28. The average Bonchev–Trinajstić information content (AvgIpc) is 3.01. The van der Waals surface area contributed by atoms with Gasteiger partial charge in [0.25, 0.3) is 5.91 Å². The number of hydrogen-bond acceptors (Lipinski definition) is 3. The Morgan fingerprint density at radius 3 is 2.43 bits per heavy atom. The van der Waals surface area contributed by atoms with Gasteiger partial charge in [0.1, 0.15) is 0 Å². The van der Waals surface area contributed by atoms with Gasteiger partial charge in [0, 0.05) is 37.9 Å². The molecule has 4 heteroatoms. The van der Waals surface area contributed by atoms with Crippen LogP contribution in [0.25, 0.3) is 0 Å². The molecule has 0 unspecified atom stereocenters. The van der Waals surface area contributed by atoms with E-state index >= 15 is 0 Å². The first-order valence-electron chi connectivity index (χ1n) is 8.28. The quantitative estimate of drug-likeness (QED) is 0.860. The van der Waals surface area contributed by atoms with Crippen molar-refractivity contribution < 1.29 is 9.21 Å². The molecule has 0 atom stereocenters. The number of nitrogens with zero attached hydrogens (tertiary/aromatic N) is 2. The lowest BCUT2D eigenvalue weighted by atomic mass is 10.1. The molecule has 2 aromatic rings. The molecule has 1 fully saturated rings. The third-order valence-electron chi connectivity index (χ3n) is 4.48. The Morgan fingerprint density at radius 1 is 1.13 bits per heavy atom. The van der Waals surface area contributed by atoms with Gasteiger partial charge in [0.2, 0.25) is 0 Å². The van der Waals surface area contributed by atoms with Crippen LogP contribution in [-0.4, -0.2) is 30.9 Å². The van der Waals surface area contributed by atoms with E-state index in [0.29, 0.717) is 12.3 Å². The fourth-order valence-corrected chi connectivity index (χ4v) is 3.08. The van der Waals surface area contributed by atoms with Crippen molar-refractivity contribution in [2.75, 3.05) is 25.0 Å². The molecule has 4 nitrogen and oxygen atoms in total. The van der Waals surface area contributed by atoms with Crippen molar-refractivity contribution >= 4 is 11.6 Å². The third kappa shape index (κ3) is 3.58.